The summed E-state index contributed by atoms with van der Waals surface area (Å²) in [6, 6.07) is 6.02. The van der Waals surface area contributed by atoms with Gasteiger partial charge in [-0.2, -0.15) is 5.26 Å². The van der Waals surface area contributed by atoms with Gasteiger partial charge >= 0.3 is 0 Å². The number of aromatic nitrogens is 1. The molecule has 1 amide bonds. The number of hydrogen-bond acceptors (Lipinski definition) is 5. The zero-order valence-electron chi connectivity index (χ0n) is 13.1. The maximum atomic E-state index is 13.4. The Kier molecular flexibility index (Phi) is 4.47. The minimum atomic E-state index is -0.377. The maximum absolute atomic E-state index is 13.4. The van der Waals surface area contributed by atoms with E-state index in [0.29, 0.717) is 30.2 Å². The molecule has 7 heteroatoms. The van der Waals surface area contributed by atoms with Crippen LogP contribution in [0.25, 0.3) is 0 Å². The number of fused-ring (bicyclic) bond motifs is 1. The molecule has 1 atom stereocenters. The molecule has 3 rings (SSSR count). The zero-order valence-corrected chi connectivity index (χ0v) is 13.1. The van der Waals surface area contributed by atoms with Gasteiger partial charge in [-0.25, -0.2) is 4.39 Å². The molecule has 0 saturated carbocycles. The molecular weight excluding hydrogens is 313 g/mol. The first kappa shape index (κ1) is 16.0. The molecule has 1 unspecified atom stereocenters. The predicted octanol–water partition coefficient (Wildman–Crippen LogP) is 2.57. The SMILES string of the molecule is Cc1onc(CC(=O)NC2CCCOc3cc(F)ccc32)c1C#N. The van der Waals surface area contributed by atoms with E-state index in [-0.39, 0.29) is 29.8 Å². The van der Waals surface area contributed by atoms with Gasteiger partial charge in [-0.1, -0.05) is 11.2 Å². The summed E-state index contributed by atoms with van der Waals surface area (Å²) in [5.74, 6) is 0.191. The number of aryl methyl sites for hydroxylation is 1. The minimum absolute atomic E-state index is 0.0475. The molecule has 1 N–H and O–H groups in total. The maximum Gasteiger partial charge on any atom is 0.226 e. The van der Waals surface area contributed by atoms with Crippen molar-refractivity contribution in [3.63, 3.8) is 0 Å². The van der Waals surface area contributed by atoms with Crippen molar-refractivity contribution in [1.82, 2.24) is 10.5 Å². The normalized spacial score (nSPS) is 16.5. The molecule has 2 heterocycles. The second-order valence-electron chi connectivity index (χ2n) is 5.64. The van der Waals surface area contributed by atoms with Crippen molar-refractivity contribution in [2.24, 2.45) is 0 Å². The monoisotopic (exact) mass is 329 g/mol. The van der Waals surface area contributed by atoms with Gasteiger partial charge < -0.3 is 14.6 Å². The summed E-state index contributed by atoms with van der Waals surface area (Å²) in [5, 5.41) is 15.8. The number of benzene rings is 1. The molecule has 1 aliphatic heterocycles. The number of nitriles is 1. The highest BCUT2D eigenvalue weighted by atomic mass is 19.1. The average Bonchev–Trinajstić information content (AvgIpc) is 2.77. The number of rotatable bonds is 3. The van der Waals surface area contributed by atoms with Crippen molar-refractivity contribution in [3.8, 4) is 11.8 Å². The van der Waals surface area contributed by atoms with E-state index in [1.165, 1.54) is 12.1 Å². The summed E-state index contributed by atoms with van der Waals surface area (Å²) in [6.07, 6.45) is 1.38. The molecule has 1 aromatic heterocycles. The lowest BCUT2D eigenvalue weighted by molar-refractivity contribution is -0.121. The van der Waals surface area contributed by atoms with Crippen LogP contribution in [0.3, 0.4) is 0 Å². The molecular formula is C17H16FN3O3. The fourth-order valence-corrected chi connectivity index (χ4v) is 2.78. The van der Waals surface area contributed by atoms with Gasteiger partial charge in [0.1, 0.15) is 28.9 Å². The Hall–Kier alpha value is -2.88. The third-order valence-corrected chi connectivity index (χ3v) is 3.95. The molecule has 0 fully saturated rings. The molecule has 2 aromatic rings. The number of nitrogens with one attached hydrogen (secondary N) is 1. The second kappa shape index (κ2) is 6.71. The first-order chi connectivity index (χ1) is 11.6. The Labute approximate surface area is 138 Å². The summed E-state index contributed by atoms with van der Waals surface area (Å²) in [7, 11) is 0. The van der Waals surface area contributed by atoms with Gasteiger partial charge in [-0.05, 0) is 25.8 Å². The van der Waals surface area contributed by atoms with E-state index < -0.39 is 0 Å². The summed E-state index contributed by atoms with van der Waals surface area (Å²) >= 11 is 0. The van der Waals surface area contributed by atoms with Crippen molar-refractivity contribution in [2.75, 3.05) is 6.61 Å². The van der Waals surface area contributed by atoms with Gasteiger partial charge in [-0.3, -0.25) is 4.79 Å². The third-order valence-electron chi connectivity index (χ3n) is 3.95. The number of nitrogens with zero attached hydrogens (tertiary/aromatic N) is 2. The van der Waals surface area contributed by atoms with E-state index in [1.807, 2.05) is 6.07 Å². The van der Waals surface area contributed by atoms with Crippen LogP contribution in [-0.2, 0) is 11.2 Å². The molecule has 0 radical (unpaired) electrons. The van der Waals surface area contributed by atoms with Crippen LogP contribution in [0.2, 0.25) is 0 Å². The lowest BCUT2D eigenvalue weighted by Gasteiger charge is -2.18. The Morgan fingerprint density at radius 2 is 2.38 bits per heavy atom. The van der Waals surface area contributed by atoms with Crippen molar-refractivity contribution in [3.05, 3.63) is 46.6 Å². The fraction of sp³-hybridized carbons (Fsp3) is 0.353. The van der Waals surface area contributed by atoms with Crippen LogP contribution in [0.4, 0.5) is 4.39 Å². The van der Waals surface area contributed by atoms with E-state index in [2.05, 4.69) is 10.5 Å². The second-order valence-corrected chi connectivity index (χ2v) is 5.64. The molecule has 1 aromatic carbocycles. The molecule has 24 heavy (non-hydrogen) atoms. The van der Waals surface area contributed by atoms with Crippen LogP contribution in [0.15, 0.2) is 22.7 Å². The highest BCUT2D eigenvalue weighted by Crippen LogP contribution is 2.32. The standard InChI is InChI=1S/C17H16FN3O3/c1-10-13(9-19)15(21-24-10)8-17(22)20-14-3-2-6-23-16-7-11(18)4-5-12(14)16/h4-5,7,14H,2-3,6,8H2,1H3,(H,20,22). The summed E-state index contributed by atoms with van der Waals surface area (Å²) in [5.41, 5.74) is 1.35. The molecule has 0 aliphatic carbocycles. The van der Waals surface area contributed by atoms with Gasteiger partial charge in [0.05, 0.1) is 19.1 Å². The molecule has 0 bridgehead atoms. The van der Waals surface area contributed by atoms with Crippen molar-refractivity contribution in [2.45, 2.75) is 32.2 Å². The van der Waals surface area contributed by atoms with E-state index >= 15 is 0 Å². The first-order valence-corrected chi connectivity index (χ1v) is 7.65. The van der Waals surface area contributed by atoms with Crippen LogP contribution in [0.5, 0.6) is 5.75 Å². The van der Waals surface area contributed by atoms with Gasteiger partial charge in [0, 0.05) is 11.6 Å². The van der Waals surface area contributed by atoms with Crippen molar-refractivity contribution < 1.29 is 18.4 Å². The summed E-state index contributed by atoms with van der Waals surface area (Å²) in [4.78, 5) is 12.3. The average molecular weight is 329 g/mol. The quantitative estimate of drug-likeness (QED) is 0.935. The highest BCUT2D eigenvalue weighted by molar-refractivity contribution is 5.79. The summed E-state index contributed by atoms with van der Waals surface area (Å²) in [6.45, 7) is 2.10. The Bertz CT molecular complexity index is 810. The minimum Gasteiger partial charge on any atom is -0.493 e. The Balaban J connectivity index is 1.76. The topological polar surface area (TPSA) is 88.2 Å². The zero-order chi connectivity index (χ0) is 17.1. The Morgan fingerprint density at radius 1 is 1.54 bits per heavy atom. The van der Waals surface area contributed by atoms with Crippen LogP contribution in [0, 0.1) is 24.1 Å². The van der Waals surface area contributed by atoms with Gasteiger partial charge in [0.2, 0.25) is 5.91 Å². The largest absolute Gasteiger partial charge is 0.493 e. The molecule has 6 nitrogen and oxygen atoms in total. The number of halogens is 1. The third kappa shape index (κ3) is 3.23. The van der Waals surface area contributed by atoms with Gasteiger partial charge in [0.25, 0.3) is 0 Å². The van der Waals surface area contributed by atoms with Crippen LogP contribution in [0.1, 0.15) is 41.5 Å². The lowest BCUT2D eigenvalue weighted by Crippen LogP contribution is -2.30. The molecule has 0 saturated heterocycles. The van der Waals surface area contributed by atoms with Gasteiger partial charge in [-0.15, -0.1) is 0 Å². The number of ether oxygens (including phenoxy) is 1. The van der Waals surface area contributed by atoms with Crippen LogP contribution < -0.4 is 10.1 Å². The number of carbonyl (C=O) groups is 1. The number of amides is 1. The molecule has 124 valence electrons. The first-order valence-electron chi connectivity index (χ1n) is 7.65. The van der Waals surface area contributed by atoms with Crippen molar-refractivity contribution >= 4 is 5.91 Å². The Morgan fingerprint density at radius 3 is 3.17 bits per heavy atom. The van der Waals surface area contributed by atoms with E-state index in [9.17, 15) is 9.18 Å². The van der Waals surface area contributed by atoms with Gasteiger partial charge in [0.15, 0.2) is 5.76 Å². The molecule has 0 spiro atoms. The predicted molar refractivity (Wildman–Crippen MR) is 81.7 cm³/mol. The van der Waals surface area contributed by atoms with E-state index in [4.69, 9.17) is 14.5 Å². The van der Waals surface area contributed by atoms with Crippen LogP contribution >= 0.6 is 0 Å². The fourth-order valence-electron chi connectivity index (χ4n) is 2.78. The summed E-state index contributed by atoms with van der Waals surface area (Å²) < 4.78 is 23.9. The number of hydrogen-bond donors (Lipinski definition) is 1. The van der Waals surface area contributed by atoms with E-state index in [1.54, 1.807) is 13.0 Å². The van der Waals surface area contributed by atoms with E-state index in [0.717, 1.165) is 12.0 Å². The molecule has 1 aliphatic rings. The van der Waals surface area contributed by atoms with Crippen molar-refractivity contribution in [1.29, 1.82) is 5.26 Å². The number of carbonyl (C=O) groups excluding carboxylic acids is 1. The highest BCUT2D eigenvalue weighted by Gasteiger charge is 2.23. The van der Waals surface area contributed by atoms with Crippen LogP contribution in [-0.4, -0.2) is 17.7 Å². The smallest absolute Gasteiger partial charge is 0.226 e. The lowest BCUT2D eigenvalue weighted by atomic mass is 10.0.